The van der Waals surface area contributed by atoms with Crippen LogP contribution in [0.15, 0.2) is 36.4 Å². The largest absolute Gasteiger partial charge is 0.573 e. The number of ether oxygens (including phenoxy) is 1. The maximum absolute atomic E-state index is 12.0. The number of rotatable bonds is 5. The van der Waals surface area contributed by atoms with Gasteiger partial charge in [-0.1, -0.05) is 17.7 Å². The molecule has 1 aromatic rings. The molecule has 0 amide bonds. The van der Waals surface area contributed by atoms with E-state index in [1.165, 1.54) is 12.1 Å². The minimum absolute atomic E-state index is 0.0439. The van der Waals surface area contributed by atoms with Crippen LogP contribution in [-0.4, -0.2) is 13.4 Å². The molecule has 0 aliphatic carbocycles. The van der Waals surface area contributed by atoms with E-state index in [1.807, 2.05) is 6.92 Å². The van der Waals surface area contributed by atoms with Gasteiger partial charge in [0, 0.05) is 6.04 Å². The first kappa shape index (κ1) is 14.6. The molecule has 18 heavy (non-hydrogen) atoms. The zero-order valence-corrected chi connectivity index (χ0v) is 10.3. The summed E-state index contributed by atoms with van der Waals surface area (Å²) < 4.78 is 39.8. The van der Waals surface area contributed by atoms with Crippen molar-refractivity contribution < 1.29 is 17.9 Å². The van der Waals surface area contributed by atoms with Crippen LogP contribution >= 0.6 is 0 Å². The van der Waals surface area contributed by atoms with Crippen molar-refractivity contribution in [2.24, 2.45) is 0 Å². The monoisotopic (exact) mass is 259 g/mol. The maximum Gasteiger partial charge on any atom is 0.573 e. The number of hydrogen-bond donors (Lipinski definition) is 1. The zero-order chi connectivity index (χ0) is 13.8. The Kier molecular flexibility index (Phi) is 4.78. The van der Waals surface area contributed by atoms with Crippen LogP contribution in [0.1, 0.15) is 24.9 Å². The third kappa shape index (κ3) is 4.79. The predicted octanol–water partition coefficient (Wildman–Crippen LogP) is 3.81. The van der Waals surface area contributed by atoms with Crippen molar-refractivity contribution in [2.75, 3.05) is 7.05 Å². The second-order valence-electron chi connectivity index (χ2n) is 4.12. The zero-order valence-electron chi connectivity index (χ0n) is 10.3. The summed E-state index contributed by atoms with van der Waals surface area (Å²) in [4.78, 5) is 0. The molecule has 1 atom stereocenters. The average molecular weight is 259 g/mol. The van der Waals surface area contributed by atoms with Gasteiger partial charge in [0.15, 0.2) is 0 Å². The quantitative estimate of drug-likeness (QED) is 0.812. The summed E-state index contributed by atoms with van der Waals surface area (Å²) in [5.41, 5.74) is 1.90. The fourth-order valence-electron chi connectivity index (χ4n) is 1.64. The Morgan fingerprint density at radius 1 is 1.33 bits per heavy atom. The summed E-state index contributed by atoms with van der Waals surface area (Å²) in [7, 11) is 1.80. The van der Waals surface area contributed by atoms with Crippen LogP contribution < -0.4 is 10.1 Å². The van der Waals surface area contributed by atoms with Crippen molar-refractivity contribution in [2.45, 2.75) is 25.7 Å². The third-order valence-corrected chi connectivity index (χ3v) is 2.42. The average Bonchev–Trinajstić information content (AvgIpc) is 2.24. The highest BCUT2D eigenvalue weighted by atomic mass is 19.4. The third-order valence-electron chi connectivity index (χ3n) is 2.42. The summed E-state index contributed by atoms with van der Waals surface area (Å²) in [5, 5.41) is 3.09. The topological polar surface area (TPSA) is 21.3 Å². The molecule has 0 saturated carbocycles. The Balaban J connectivity index is 2.77. The highest BCUT2D eigenvalue weighted by Gasteiger charge is 2.31. The lowest BCUT2D eigenvalue weighted by Crippen LogP contribution is -2.18. The van der Waals surface area contributed by atoms with Gasteiger partial charge in [0.25, 0.3) is 0 Å². The molecule has 5 heteroatoms. The molecule has 0 aliphatic heterocycles. The molecule has 0 saturated heterocycles. The minimum atomic E-state index is -4.65. The van der Waals surface area contributed by atoms with Crippen molar-refractivity contribution in [1.29, 1.82) is 0 Å². The van der Waals surface area contributed by atoms with Gasteiger partial charge < -0.3 is 10.1 Å². The molecule has 1 N–H and O–H groups in total. The molecule has 2 nitrogen and oxygen atoms in total. The van der Waals surface area contributed by atoms with Gasteiger partial charge in [0.2, 0.25) is 0 Å². The summed E-state index contributed by atoms with van der Waals surface area (Å²) >= 11 is 0. The fourth-order valence-corrected chi connectivity index (χ4v) is 1.64. The van der Waals surface area contributed by atoms with Gasteiger partial charge in [-0.25, -0.2) is 0 Å². The smallest absolute Gasteiger partial charge is 0.406 e. The number of nitrogens with one attached hydrogen (secondary N) is 1. The van der Waals surface area contributed by atoms with Crippen LogP contribution in [0.4, 0.5) is 13.2 Å². The molecule has 0 radical (unpaired) electrons. The number of halogens is 3. The van der Waals surface area contributed by atoms with E-state index in [9.17, 15) is 13.2 Å². The van der Waals surface area contributed by atoms with Gasteiger partial charge in [-0.3, -0.25) is 0 Å². The van der Waals surface area contributed by atoms with Crippen molar-refractivity contribution in [3.8, 4) is 5.75 Å². The molecule has 1 rings (SSSR count). The van der Waals surface area contributed by atoms with E-state index in [-0.39, 0.29) is 11.8 Å². The van der Waals surface area contributed by atoms with Gasteiger partial charge in [0.05, 0.1) is 0 Å². The summed E-state index contributed by atoms with van der Waals surface area (Å²) in [6, 6.07) is 5.90. The first-order valence-corrected chi connectivity index (χ1v) is 5.49. The predicted molar refractivity (Wildman–Crippen MR) is 64.4 cm³/mol. The number of benzene rings is 1. The molecule has 0 heterocycles. The first-order chi connectivity index (χ1) is 8.31. The molecule has 1 unspecified atom stereocenters. The van der Waals surface area contributed by atoms with Crippen molar-refractivity contribution in [3.05, 3.63) is 42.0 Å². The molecule has 0 fully saturated rings. The summed E-state index contributed by atoms with van der Waals surface area (Å²) in [6.45, 7) is 5.73. The first-order valence-electron chi connectivity index (χ1n) is 5.49. The van der Waals surface area contributed by atoms with E-state index in [1.54, 1.807) is 19.2 Å². The maximum atomic E-state index is 12.0. The molecule has 1 aromatic carbocycles. The summed E-state index contributed by atoms with van der Waals surface area (Å²) in [5.74, 6) is -0.212. The minimum Gasteiger partial charge on any atom is -0.406 e. The van der Waals surface area contributed by atoms with Crippen molar-refractivity contribution in [1.82, 2.24) is 5.32 Å². The van der Waals surface area contributed by atoms with Crippen LogP contribution in [0.25, 0.3) is 0 Å². The molecule has 100 valence electrons. The molecular formula is C13H16F3NO. The lowest BCUT2D eigenvalue weighted by molar-refractivity contribution is -0.274. The van der Waals surface area contributed by atoms with Crippen molar-refractivity contribution in [3.63, 3.8) is 0 Å². The molecular weight excluding hydrogens is 243 g/mol. The normalized spacial score (nSPS) is 13.2. The van der Waals surface area contributed by atoms with E-state index < -0.39 is 6.36 Å². The van der Waals surface area contributed by atoms with E-state index >= 15 is 0 Å². The summed E-state index contributed by atoms with van der Waals surface area (Å²) in [6.07, 6.45) is -3.92. The van der Waals surface area contributed by atoms with Gasteiger partial charge in [0.1, 0.15) is 5.75 Å². The Hall–Kier alpha value is -1.49. The van der Waals surface area contributed by atoms with Gasteiger partial charge in [-0.2, -0.15) is 0 Å². The van der Waals surface area contributed by atoms with E-state index in [4.69, 9.17) is 0 Å². The van der Waals surface area contributed by atoms with E-state index in [2.05, 4.69) is 16.6 Å². The standard InChI is InChI=1S/C13H16F3NO/c1-9(2)8-12(17-3)10-4-6-11(7-5-10)18-13(14,15)16/h4-7,12,17H,1,8H2,2-3H3. The van der Waals surface area contributed by atoms with Crippen LogP contribution in [0.2, 0.25) is 0 Å². The Morgan fingerprint density at radius 3 is 2.28 bits per heavy atom. The number of alkyl halides is 3. The van der Waals surface area contributed by atoms with Gasteiger partial charge in [-0.05, 0) is 38.1 Å². The van der Waals surface area contributed by atoms with Gasteiger partial charge in [-0.15, -0.1) is 19.8 Å². The van der Waals surface area contributed by atoms with Crippen LogP contribution in [0, 0.1) is 0 Å². The molecule has 0 bridgehead atoms. The fraction of sp³-hybridized carbons (Fsp3) is 0.385. The number of hydrogen-bond acceptors (Lipinski definition) is 2. The van der Waals surface area contributed by atoms with Crippen LogP contribution in [-0.2, 0) is 0 Å². The van der Waals surface area contributed by atoms with E-state index in [0.717, 1.165) is 17.6 Å². The Bertz CT molecular complexity index is 398. The second-order valence-corrected chi connectivity index (χ2v) is 4.12. The highest BCUT2D eigenvalue weighted by molar-refractivity contribution is 5.30. The SMILES string of the molecule is C=C(C)CC(NC)c1ccc(OC(F)(F)F)cc1. The Morgan fingerprint density at radius 2 is 1.89 bits per heavy atom. The van der Waals surface area contributed by atoms with Crippen LogP contribution in [0.5, 0.6) is 5.75 Å². The lowest BCUT2D eigenvalue weighted by atomic mass is 10.0. The molecule has 0 aliphatic rings. The van der Waals surface area contributed by atoms with E-state index in [0.29, 0.717) is 0 Å². The molecule has 0 spiro atoms. The van der Waals surface area contributed by atoms with Gasteiger partial charge >= 0.3 is 6.36 Å². The van der Waals surface area contributed by atoms with Crippen molar-refractivity contribution >= 4 is 0 Å². The molecule has 0 aromatic heterocycles. The lowest BCUT2D eigenvalue weighted by Gasteiger charge is -2.17. The Labute approximate surface area is 104 Å². The van der Waals surface area contributed by atoms with Crippen LogP contribution in [0.3, 0.4) is 0 Å². The highest BCUT2D eigenvalue weighted by Crippen LogP contribution is 2.26. The second kappa shape index (κ2) is 5.91.